The lowest BCUT2D eigenvalue weighted by molar-refractivity contribution is -0.124. The third-order valence-corrected chi connectivity index (χ3v) is 4.72. The van der Waals surface area contributed by atoms with Crippen LogP contribution < -0.4 is 5.32 Å². The summed E-state index contributed by atoms with van der Waals surface area (Å²) in [7, 11) is -2.11. The van der Waals surface area contributed by atoms with Crippen LogP contribution in [0, 0.1) is 0 Å². The van der Waals surface area contributed by atoms with Gasteiger partial charge in [0.05, 0.1) is 6.26 Å². The molecular formula is C16H19N3O3S. The summed E-state index contributed by atoms with van der Waals surface area (Å²) in [6.07, 6.45) is 4.36. The van der Waals surface area contributed by atoms with Crippen molar-refractivity contribution in [1.29, 1.82) is 0 Å². The fourth-order valence-electron chi connectivity index (χ4n) is 2.14. The van der Waals surface area contributed by atoms with E-state index in [1.807, 2.05) is 6.07 Å². The Labute approximate surface area is 136 Å². The van der Waals surface area contributed by atoms with Crippen molar-refractivity contribution < 1.29 is 13.2 Å². The first-order valence-corrected chi connectivity index (χ1v) is 8.89. The van der Waals surface area contributed by atoms with Crippen LogP contribution in [-0.2, 0) is 21.4 Å². The molecule has 0 saturated heterocycles. The SMILES string of the molecule is CN(C(C(=O)NCc1ccncc1)c1ccccc1)S(C)(=O)=O. The number of nitrogens with zero attached hydrogens (tertiary/aromatic N) is 2. The monoisotopic (exact) mass is 333 g/mol. The molecule has 2 aromatic rings. The van der Waals surface area contributed by atoms with Crippen molar-refractivity contribution in [3.63, 3.8) is 0 Å². The Bertz CT molecular complexity index is 749. The zero-order chi connectivity index (χ0) is 16.9. The Morgan fingerprint density at radius 2 is 1.78 bits per heavy atom. The van der Waals surface area contributed by atoms with E-state index in [2.05, 4.69) is 10.3 Å². The largest absolute Gasteiger partial charge is 0.350 e. The Morgan fingerprint density at radius 3 is 2.35 bits per heavy atom. The molecule has 1 unspecified atom stereocenters. The molecule has 1 amide bonds. The van der Waals surface area contributed by atoms with Crippen LogP contribution in [0.5, 0.6) is 0 Å². The Kier molecular flexibility index (Phi) is 5.46. The van der Waals surface area contributed by atoms with Gasteiger partial charge in [0.25, 0.3) is 0 Å². The Balaban J connectivity index is 2.21. The third-order valence-electron chi connectivity index (χ3n) is 3.47. The highest BCUT2D eigenvalue weighted by Crippen LogP contribution is 2.22. The average Bonchev–Trinajstić information content (AvgIpc) is 2.54. The van der Waals surface area contributed by atoms with E-state index in [0.717, 1.165) is 16.1 Å². The van der Waals surface area contributed by atoms with Crippen molar-refractivity contribution in [2.24, 2.45) is 0 Å². The zero-order valence-corrected chi connectivity index (χ0v) is 13.8. The number of aromatic nitrogens is 1. The van der Waals surface area contributed by atoms with Crippen LogP contribution in [0.15, 0.2) is 54.9 Å². The molecular weight excluding hydrogens is 314 g/mol. The lowest BCUT2D eigenvalue weighted by atomic mass is 10.1. The second-order valence-electron chi connectivity index (χ2n) is 5.17. The van der Waals surface area contributed by atoms with Gasteiger partial charge in [-0.15, -0.1) is 0 Å². The summed E-state index contributed by atoms with van der Waals surface area (Å²) in [4.78, 5) is 16.5. The van der Waals surface area contributed by atoms with E-state index in [0.29, 0.717) is 12.1 Å². The lowest BCUT2D eigenvalue weighted by Crippen LogP contribution is -2.41. The number of benzene rings is 1. The predicted octanol–water partition coefficient (Wildman–Crippen LogP) is 1.33. The molecule has 0 aliphatic heterocycles. The van der Waals surface area contributed by atoms with E-state index in [1.165, 1.54) is 7.05 Å². The molecule has 7 heteroatoms. The van der Waals surface area contributed by atoms with Gasteiger partial charge in [0.2, 0.25) is 15.9 Å². The molecule has 1 N–H and O–H groups in total. The van der Waals surface area contributed by atoms with Gasteiger partial charge in [-0.2, -0.15) is 4.31 Å². The van der Waals surface area contributed by atoms with E-state index < -0.39 is 16.1 Å². The normalized spacial score (nSPS) is 12.8. The van der Waals surface area contributed by atoms with Crippen molar-refractivity contribution in [3.8, 4) is 0 Å². The minimum Gasteiger partial charge on any atom is -0.350 e. The van der Waals surface area contributed by atoms with E-state index in [9.17, 15) is 13.2 Å². The second-order valence-corrected chi connectivity index (χ2v) is 7.21. The van der Waals surface area contributed by atoms with Crippen LogP contribution in [0.1, 0.15) is 17.2 Å². The van der Waals surface area contributed by atoms with Crippen molar-refractivity contribution in [1.82, 2.24) is 14.6 Å². The van der Waals surface area contributed by atoms with Crippen LogP contribution in [0.3, 0.4) is 0 Å². The number of carbonyl (C=O) groups excluding carboxylic acids is 1. The molecule has 1 heterocycles. The average molecular weight is 333 g/mol. The van der Waals surface area contributed by atoms with Gasteiger partial charge in [0, 0.05) is 26.0 Å². The maximum Gasteiger partial charge on any atom is 0.243 e. The van der Waals surface area contributed by atoms with Crippen LogP contribution in [0.4, 0.5) is 0 Å². The molecule has 2 rings (SSSR count). The van der Waals surface area contributed by atoms with Crippen LogP contribution in [0.25, 0.3) is 0 Å². The van der Waals surface area contributed by atoms with Gasteiger partial charge in [-0.3, -0.25) is 9.78 Å². The van der Waals surface area contributed by atoms with Gasteiger partial charge in [-0.1, -0.05) is 30.3 Å². The van der Waals surface area contributed by atoms with Crippen molar-refractivity contribution in [2.45, 2.75) is 12.6 Å². The quantitative estimate of drug-likeness (QED) is 0.865. The summed E-state index contributed by atoms with van der Waals surface area (Å²) in [5.74, 6) is -0.374. The molecule has 23 heavy (non-hydrogen) atoms. The smallest absolute Gasteiger partial charge is 0.243 e. The number of rotatable bonds is 6. The van der Waals surface area contributed by atoms with Crippen LogP contribution in [-0.4, -0.2) is 36.9 Å². The molecule has 1 aromatic carbocycles. The highest BCUT2D eigenvalue weighted by molar-refractivity contribution is 7.88. The minimum absolute atomic E-state index is 0.308. The first-order valence-electron chi connectivity index (χ1n) is 7.04. The molecule has 122 valence electrons. The van der Waals surface area contributed by atoms with Crippen molar-refractivity contribution >= 4 is 15.9 Å². The summed E-state index contributed by atoms with van der Waals surface area (Å²) in [5.41, 5.74) is 1.51. The first kappa shape index (κ1) is 17.1. The molecule has 0 fully saturated rings. The zero-order valence-electron chi connectivity index (χ0n) is 13.0. The van der Waals surface area contributed by atoms with Crippen LogP contribution >= 0.6 is 0 Å². The number of carbonyl (C=O) groups is 1. The lowest BCUT2D eigenvalue weighted by Gasteiger charge is -2.25. The summed E-state index contributed by atoms with van der Waals surface area (Å²) >= 11 is 0. The molecule has 0 radical (unpaired) electrons. The number of hydrogen-bond acceptors (Lipinski definition) is 4. The van der Waals surface area contributed by atoms with E-state index >= 15 is 0 Å². The highest BCUT2D eigenvalue weighted by Gasteiger charge is 2.30. The highest BCUT2D eigenvalue weighted by atomic mass is 32.2. The molecule has 0 aliphatic carbocycles. The molecule has 0 spiro atoms. The van der Waals surface area contributed by atoms with Gasteiger partial charge in [0.1, 0.15) is 6.04 Å². The van der Waals surface area contributed by atoms with Gasteiger partial charge in [-0.25, -0.2) is 8.42 Å². The number of likely N-dealkylation sites (N-methyl/N-ethyl adjacent to an activating group) is 1. The van der Waals surface area contributed by atoms with Gasteiger partial charge >= 0.3 is 0 Å². The minimum atomic E-state index is -3.52. The molecule has 1 atom stereocenters. The summed E-state index contributed by atoms with van der Waals surface area (Å²) < 4.78 is 24.8. The van der Waals surface area contributed by atoms with E-state index in [1.54, 1.807) is 48.8 Å². The number of hydrogen-bond donors (Lipinski definition) is 1. The molecule has 0 saturated carbocycles. The second kappa shape index (κ2) is 7.34. The molecule has 6 nitrogen and oxygen atoms in total. The molecule has 0 bridgehead atoms. The number of sulfonamides is 1. The van der Waals surface area contributed by atoms with Gasteiger partial charge in [0.15, 0.2) is 0 Å². The number of nitrogens with one attached hydrogen (secondary N) is 1. The Hall–Kier alpha value is -2.25. The van der Waals surface area contributed by atoms with Crippen LogP contribution in [0.2, 0.25) is 0 Å². The summed E-state index contributed by atoms with van der Waals surface area (Å²) in [6.45, 7) is 0.308. The predicted molar refractivity (Wildman–Crippen MR) is 87.9 cm³/mol. The van der Waals surface area contributed by atoms with Gasteiger partial charge in [-0.05, 0) is 23.3 Å². The fourth-order valence-corrected chi connectivity index (χ4v) is 2.74. The maximum absolute atomic E-state index is 12.6. The van der Waals surface area contributed by atoms with Crippen molar-refractivity contribution in [2.75, 3.05) is 13.3 Å². The summed E-state index contributed by atoms with van der Waals surface area (Å²) in [5, 5.41) is 2.78. The standard InChI is InChI=1S/C16H19N3O3S/c1-19(23(2,21)22)15(14-6-4-3-5-7-14)16(20)18-12-13-8-10-17-11-9-13/h3-11,15H,12H2,1-2H3,(H,18,20). The first-order chi connectivity index (χ1) is 10.9. The van der Waals surface area contributed by atoms with Gasteiger partial charge < -0.3 is 5.32 Å². The topological polar surface area (TPSA) is 79.4 Å². The third kappa shape index (κ3) is 4.61. The maximum atomic E-state index is 12.6. The molecule has 0 aliphatic rings. The van der Waals surface area contributed by atoms with E-state index in [4.69, 9.17) is 0 Å². The Morgan fingerprint density at radius 1 is 1.17 bits per heavy atom. The summed E-state index contributed by atoms with van der Waals surface area (Å²) in [6, 6.07) is 11.5. The van der Waals surface area contributed by atoms with Crippen molar-refractivity contribution in [3.05, 3.63) is 66.0 Å². The fraction of sp³-hybridized carbons (Fsp3) is 0.250. The van der Waals surface area contributed by atoms with E-state index in [-0.39, 0.29) is 5.91 Å². The number of amides is 1. The molecule has 1 aromatic heterocycles. The number of pyridine rings is 1.